The summed E-state index contributed by atoms with van der Waals surface area (Å²) >= 11 is 6.65. The fraction of sp³-hybridized carbons (Fsp3) is 0.333. The first kappa shape index (κ1) is 25.9. The molecule has 3 heterocycles. The molecule has 2 fully saturated rings. The van der Waals surface area contributed by atoms with Gasteiger partial charge in [0.25, 0.3) is 11.5 Å². The van der Waals surface area contributed by atoms with E-state index in [2.05, 4.69) is 46.7 Å². The Morgan fingerprint density at radius 3 is 2.47 bits per heavy atom. The van der Waals surface area contributed by atoms with Gasteiger partial charge in [0, 0.05) is 51.4 Å². The normalized spacial score (nSPS) is 17.6. The zero-order valence-electron chi connectivity index (χ0n) is 20.6. The first-order chi connectivity index (χ1) is 17.4. The van der Waals surface area contributed by atoms with Crippen molar-refractivity contribution in [2.75, 3.05) is 37.6 Å². The molecular formula is C27H29N5O2S2. The Kier molecular flexibility index (Phi) is 8.09. The number of amides is 1. The second kappa shape index (κ2) is 11.2. The fourth-order valence-corrected chi connectivity index (χ4v) is 5.91. The van der Waals surface area contributed by atoms with E-state index in [0.717, 1.165) is 44.1 Å². The molecule has 7 nitrogen and oxygen atoms in total. The van der Waals surface area contributed by atoms with E-state index in [0.29, 0.717) is 27.9 Å². The number of nitriles is 1. The number of benzene rings is 1. The fourth-order valence-electron chi connectivity index (χ4n) is 4.66. The van der Waals surface area contributed by atoms with Crippen LogP contribution in [0.15, 0.2) is 52.7 Å². The van der Waals surface area contributed by atoms with Crippen molar-refractivity contribution in [2.24, 2.45) is 0 Å². The molecule has 0 N–H and O–H groups in total. The van der Waals surface area contributed by atoms with E-state index in [1.54, 1.807) is 23.6 Å². The van der Waals surface area contributed by atoms with Crippen LogP contribution in [0.5, 0.6) is 0 Å². The molecule has 1 aromatic carbocycles. The van der Waals surface area contributed by atoms with Crippen LogP contribution < -0.4 is 10.5 Å². The van der Waals surface area contributed by atoms with E-state index in [9.17, 15) is 14.9 Å². The highest BCUT2D eigenvalue weighted by Crippen LogP contribution is 2.36. The molecule has 9 heteroatoms. The molecule has 0 saturated carbocycles. The summed E-state index contributed by atoms with van der Waals surface area (Å²) in [5.74, 6) is 0.572. The standard InChI is InChI=1S/C27H29N5O2S2/c1-4-11-32-26(34)23(36-27(32)35)16-21-19(3)22(17-28)25(33)31(5-2)24(21)30-14-12-29(13-15-30)18-20-9-7-6-8-10-20/h4,6-10,16H,1,5,11-15,18H2,2-3H3/b23-16+. The maximum absolute atomic E-state index is 13.2. The van der Waals surface area contributed by atoms with Gasteiger partial charge in [0.2, 0.25) is 0 Å². The van der Waals surface area contributed by atoms with Crippen molar-refractivity contribution in [2.45, 2.75) is 26.9 Å². The topological polar surface area (TPSA) is 72.6 Å². The minimum Gasteiger partial charge on any atom is -0.355 e. The molecule has 0 atom stereocenters. The molecule has 0 bridgehead atoms. The van der Waals surface area contributed by atoms with E-state index in [1.807, 2.05) is 13.0 Å². The number of aromatic nitrogens is 1. The van der Waals surface area contributed by atoms with Crippen molar-refractivity contribution < 1.29 is 4.79 Å². The van der Waals surface area contributed by atoms with Gasteiger partial charge in [-0.15, -0.1) is 6.58 Å². The number of thioether (sulfide) groups is 1. The summed E-state index contributed by atoms with van der Waals surface area (Å²) in [6.45, 7) is 12.2. The SMILES string of the molecule is C=CCN1C(=O)/C(=C\c2c(C)c(C#N)c(=O)n(CC)c2N2CCN(Cc3ccccc3)CC2)SC1=S. The van der Waals surface area contributed by atoms with Gasteiger partial charge in [-0.3, -0.25) is 24.0 Å². The molecule has 2 aromatic rings. The van der Waals surface area contributed by atoms with Gasteiger partial charge in [-0.05, 0) is 31.1 Å². The minimum absolute atomic E-state index is 0.108. The number of anilines is 1. The van der Waals surface area contributed by atoms with Crippen molar-refractivity contribution in [1.82, 2.24) is 14.4 Å². The zero-order valence-corrected chi connectivity index (χ0v) is 22.2. The molecule has 186 valence electrons. The summed E-state index contributed by atoms with van der Waals surface area (Å²) in [5.41, 5.74) is 2.39. The largest absolute Gasteiger partial charge is 0.355 e. The quantitative estimate of drug-likeness (QED) is 0.313. The van der Waals surface area contributed by atoms with Crippen LogP contribution >= 0.6 is 24.0 Å². The summed E-state index contributed by atoms with van der Waals surface area (Å²) in [4.78, 5) is 32.9. The number of pyridine rings is 1. The molecular weight excluding hydrogens is 490 g/mol. The maximum atomic E-state index is 13.2. The van der Waals surface area contributed by atoms with E-state index >= 15 is 0 Å². The lowest BCUT2D eigenvalue weighted by Gasteiger charge is -2.38. The molecule has 4 rings (SSSR count). The van der Waals surface area contributed by atoms with Crippen LogP contribution in [0.4, 0.5) is 5.82 Å². The molecule has 2 aliphatic rings. The number of carbonyl (C=O) groups is 1. The van der Waals surface area contributed by atoms with Crippen molar-refractivity contribution >= 4 is 46.1 Å². The van der Waals surface area contributed by atoms with Gasteiger partial charge in [-0.25, -0.2) is 0 Å². The van der Waals surface area contributed by atoms with Crippen LogP contribution in [-0.4, -0.2) is 57.3 Å². The van der Waals surface area contributed by atoms with E-state index in [-0.39, 0.29) is 17.0 Å². The molecule has 0 radical (unpaired) electrons. The van der Waals surface area contributed by atoms with Crippen LogP contribution in [-0.2, 0) is 17.9 Å². The van der Waals surface area contributed by atoms with E-state index < -0.39 is 0 Å². The second-order valence-corrected chi connectivity index (χ2v) is 10.4. The Labute approximate surface area is 221 Å². The number of thiocarbonyl (C=S) groups is 1. The highest BCUT2D eigenvalue weighted by Gasteiger charge is 2.33. The smallest absolute Gasteiger partial charge is 0.270 e. The summed E-state index contributed by atoms with van der Waals surface area (Å²) < 4.78 is 2.14. The summed E-state index contributed by atoms with van der Waals surface area (Å²) in [6.07, 6.45) is 3.44. The van der Waals surface area contributed by atoms with Crippen LogP contribution in [0.2, 0.25) is 0 Å². The Hall–Kier alpha value is -3.19. The molecule has 2 saturated heterocycles. The molecule has 1 amide bonds. The first-order valence-electron chi connectivity index (χ1n) is 11.9. The van der Waals surface area contributed by atoms with Crippen molar-refractivity contribution in [3.05, 3.63) is 80.5 Å². The number of carbonyl (C=O) groups excluding carboxylic acids is 1. The Balaban J connectivity index is 1.72. The maximum Gasteiger partial charge on any atom is 0.270 e. The Morgan fingerprint density at radius 2 is 1.86 bits per heavy atom. The molecule has 0 aliphatic carbocycles. The van der Waals surface area contributed by atoms with Gasteiger partial charge in [-0.1, -0.05) is 60.4 Å². The summed E-state index contributed by atoms with van der Waals surface area (Å²) in [7, 11) is 0. The first-order valence-corrected chi connectivity index (χ1v) is 13.2. The second-order valence-electron chi connectivity index (χ2n) is 8.73. The average Bonchev–Trinajstić information content (AvgIpc) is 3.14. The van der Waals surface area contributed by atoms with Gasteiger partial charge in [0.05, 0.1) is 4.91 Å². The van der Waals surface area contributed by atoms with Crippen LogP contribution in [0, 0.1) is 18.3 Å². The van der Waals surface area contributed by atoms with Crippen molar-refractivity contribution in [3.8, 4) is 6.07 Å². The Morgan fingerprint density at radius 1 is 1.17 bits per heavy atom. The van der Waals surface area contributed by atoms with Gasteiger partial charge in [-0.2, -0.15) is 5.26 Å². The third kappa shape index (κ3) is 5.03. The molecule has 1 aromatic heterocycles. The predicted molar refractivity (Wildman–Crippen MR) is 150 cm³/mol. The van der Waals surface area contributed by atoms with Gasteiger partial charge >= 0.3 is 0 Å². The monoisotopic (exact) mass is 519 g/mol. The molecule has 0 unspecified atom stereocenters. The van der Waals surface area contributed by atoms with E-state index in [1.165, 1.54) is 22.2 Å². The van der Waals surface area contributed by atoms with Crippen LogP contribution in [0.25, 0.3) is 6.08 Å². The minimum atomic E-state index is -0.296. The third-order valence-electron chi connectivity index (χ3n) is 6.54. The predicted octanol–water partition coefficient (Wildman–Crippen LogP) is 3.76. The number of hydrogen-bond acceptors (Lipinski definition) is 7. The summed E-state index contributed by atoms with van der Waals surface area (Å²) in [6, 6.07) is 12.5. The lowest BCUT2D eigenvalue weighted by atomic mass is 10.0. The van der Waals surface area contributed by atoms with Crippen LogP contribution in [0.3, 0.4) is 0 Å². The number of rotatable bonds is 7. The number of nitrogens with zero attached hydrogens (tertiary/aromatic N) is 5. The lowest BCUT2D eigenvalue weighted by molar-refractivity contribution is -0.121. The molecule has 36 heavy (non-hydrogen) atoms. The highest BCUT2D eigenvalue weighted by molar-refractivity contribution is 8.26. The Bertz CT molecular complexity index is 1320. The summed E-state index contributed by atoms with van der Waals surface area (Å²) in [5, 5.41) is 9.77. The molecule has 2 aliphatic heterocycles. The van der Waals surface area contributed by atoms with Crippen molar-refractivity contribution in [1.29, 1.82) is 5.26 Å². The molecule has 0 spiro atoms. The lowest BCUT2D eigenvalue weighted by Crippen LogP contribution is -2.48. The highest BCUT2D eigenvalue weighted by atomic mass is 32.2. The van der Waals surface area contributed by atoms with Crippen LogP contribution in [0.1, 0.15) is 29.2 Å². The van der Waals surface area contributed by atoms with Crippen molar-refractivity contribution in [3.63, 3.8) is 0 Å². The van der Waals surface area contributed by atoms with Gasteiger partial charge < -0.3 is 4.90 Å². The van der Waals surface area contributed by atoms with E-state index in [4.69, 9.17) is 12.2 Å². The average molecular weight is 520 g/mol. The van der Waals surface area contributed by atoms with Gasteiger partial charge in [0.15, 0.2) is 0 Å². The number of hydrogen-bond donors (Lipinski definition) is 0. The van der Waals surface area contributed by atoms with Gasteiger partial charge in [0.1, 0.15) is 21.8 Å². The zero-order chi connectivity index (χ0) is 25.8. The third-order valence-corrected chi connectivity index (χ3v) is 7.92. The number of piperazine rings is 1.